The number of amides is 2. The van der Waals surface area contributed by atoms with Crippen molar-refractivity contribution in [3.05, 3.63) is 57.8 Å². The maximum Gasteiger partial charge on any atom is 0.418 e. The largest absolute Gasteiger partial charge is 0.443 e. The third kappa shape index (κ3) is 8.19. The molecule has 14 heteroatoms. The number of halogens is 3. The summed E-state index contributed by atoms with van der Waals surface area (Å²) in [6.45, 7) is 14.0. The van der Waals surface area contributed by atoms with E-state index in [4.69, 9.17) is 14.5 Å². The first-order valence-corrected chi connectivity index (χ1v) is 19.9. The normalized spacial score (nSPS) is 23.1. The van der Waals surface area contributed by atoms with Gasteiger partial charge in [0.15, 0.2) is 11.0 Å². The number of nitrogens with zero attached hydrogens (tertiary/aromatic N) is 4. The SMILES string of the molecule is CNC(=O)[C@]12C[C@H]1[C@@](C)(c1cc(/C=C(\F)c3cnc(Br)cn3)ccc1F)N=C(N(COCC[Si](C)(C)C)C(=O)OC(C)(C)C)S2. The molecule has 2 heterocycles. The molecule has 45 heavy (non-hydrogen) atoms. The minimum absolute atomic E-state index is 0.0209. The van der Waals surface area contributed by atoms with Crippen molar-refractivity contribution in [1.82, 2.24) is 20.2 Å². The summed E-state index contributed by atoms with van der Waals surface area (Å²) in [6, 6.07) is 5.10. The van der Waals surface area contributed by atoms with Crippen LogP contribution in [0, 0.1) is 11.7 Å². The number of aliphatic imine (C=N–C) groups is 1. The molecule has 2 aromatic rings. The van der Waals surface area contributed by atoms with Crippen LogP contribution in [-0.4, -0.2) is 70.8 Å². The second-order valence-electron chi connectivity index (χ2n) is 13.6. The molecule has 1 fully saturated rings. The van der Waals surface area contributed by atoms with Gasteiger partial charge in [-0.2, -0.15) is 0 Å². The number of hydrogen-bond acceptors (Lipinski definition) is 8. The van der Waals surface area contributed by atoms with Crippen molar-refractivity contribution in [3.63, 3.8) is 0 Å². The summed E-state index contributed by atoms with van der Waals surface area (Å²) in [5.74, 6) is -1.88. The zero-order valence-electron chi connectivity index (χ0n) is 26.8. The molecule has 1 aromatic heterocycles. The molecule has 4 rings (SSSR count). The maximum absolute atomic E-state index is 15.7. The van der Waals surface area contributed by atoms with Crippen LogP contribution in [0.2, 0.25) is 25.7 Å². The van der Waals surface area contributed by atoms with E-state index in [1.165, 1.54) is 41.6 Å². The van der Waals surface area contributed by atoms with Crippen LogP contribution in [-0.2, 0) is 19.8 Å². The van der Waals surface area contributed by atoms with E-state index in [2.05, 4.69) is 50.9 Å². The number of hydrogen-bond donors (Lipinski definition) is 1. The van der Waals surface area contributed by atoms with Gasteiger partial charge in [0.05, 0.1) is 17.9 Å². The Kier molecular flexibility index (Phi) is 10.3. The summed E-state index contributed by atoms with van der Waals surface area (Å²) in [5.41, 5.74) is -1.54. The van der Waals surface area contributed by atoms with Crippen molar-refractivity contribution < 1.29 is 27.8 Å². The van der Waals surface area contributed by atoms with E-state index in [1.807, 2.05) is 0 Å². The number of carbonyl (C=O) groups is 2. The number of amidine groups is 1. The maximum atomic E-state index is 15.7. The Morgan fingerprint density at radius 2 is 1.96 bits per heavy atom. The fourth-order valence-electron chi connectivity index (χ4n) is 5.06. The standard InChI is InChI=1S/C31H40BrF2N5O4SSi/c1-29(2,3)43-28(41)39(18-42-11-12-45(6,7)8)27-38-30(4,24-15-31(24,44-27)26(40)35-5)20-13-19(9-10-21(20)33)14-22(34)23-16-37-25(32)17-36-23/h9-10,13-14,16-17,24H,11-12,15,18H2,1-8H3,(H,35,40)/b22-14-/t24-,30+,31-/m0/s1. The van der Waals surface area contributed by atoms with Crippen LogP contribution in [0.4, 0.5) is 13.6 Å². The summed E-state index contributed by atoms with van der Waals surface area (Å²) >= 11 is 4.34. The van der Waals surface area contributed by atoms with Gasteiger partial charge in [0.25, 0.3) is 0 Å². The number of fused-ring (bicyclic) bond motifs is 1. The zero-order valence-corrected chi connectivity index (χ0v) is 30.2. The van der Waals surface area contributed by atoms with Crippen molar-refractivity contribution in [2.75, 3.05) is 20.4 Å². The lowest BCUT2D eigenvalue weighted by Gasteiger charge is -2.37. The highest BCUT2D eigenvalue weighted by Gasteiger charge is 2.71. The highest BCUT2D eigenvalue weighted by molar-refractivity contribution is 9.10. The van der Waals surface area contributed by atoms with Crippen LogP contribution in [0.1, 0.15) is 50.9 Å². The van der Waals surface area contributed by atoms with Crippen LogP contribution >= 0.6 is 27.7 Å². The number of rotatable bonds is 9. The highest BCUT2D eigenvalue weighted by atomic mass is 79.9. The fourth-order valence-corrected chi connectivity index (χ4v) is 7.63. The monoisotopic (exact) mass is 723 g/mol. The molecule has 1 aliphatic carbocycles. The van der Waals surface area contributed by atoms with Crippen molar-refractivity contribution in [2.45, 2.75) is 75.7 Å². The molecule has 1 aliphatic heterocycles. The average Bonchev–Trinajstić information content (AvgIpc) is 3.69. The third-order valence-electron chi connectivity index (χ3n) is 7.56. The zero-order chi connectivity index (χ0) is 33.4. The summed E-state index contributed by atoms with van der Waals surface area (Å²) in [6.07, 6.45) is 3.61. The first-order valence-electron chi connectivity index (χ1n) is 14.6. The van der Waals surface area contributed by atoms with Crippen LogP contribution in [0.25, 0.3) is 11.9 Å². The van der Waals surface area contributed by atoms with Gasteiger partial charge < -0.3 is 14.8 Å². The molecule has 244 valence electrons. The molecule has 0 bridgehead atoms. The second kappa shape index (κ2) is 13.2. The van der Waals surface area contributed by atoms with Crippen molar-refractivity contribution >= 4 is 64.8 Å². The lowest BCUT2D eigenvalue weighted by molar-refractivity contribution is -0.121. The van der Waals surface area contributed by atoms with Gasteiger partial charge in [-0.05, 0) is 79.9 Å². The molecule has 0 spiro atoms. The molecule has 0 unspecified atom stereocenters. The van der Waals surface area contributed by atoms with E-state index in [0.717, 1.165) is 17.8 Å². The summed E-state index contributed by atoms with van der Waals surface area (Å²) in [5, 5.41) is 2.92. The van der Waals surface area contributed by atoms with Crippen molar-refractivity contribution in [3.8, 4) is 0 Å². The van der Waals surface area contributed by atoms with E-state index < -0.39 is 47.6 Å². The summed E-state index contributed by atoms with van der Waals surface area (Å²) in [4.78, 5) is 41.2. The molecule has 0 radical (unpaired) electrons. The number of carbonyl (C=O) groups excluding carboxylic acids is 2. The topological polar surface area (TPSA) is 106 Å². The Hall–Kier alpha value is -2.68. The Bertz CT molecular complexity index is 1510. The Morgan fingerprint density at radius 3 is 2.56 bits per heavy atom. The van der Waals surface area contributed by atoms with Gasteiger partial charge >= 0.3 is 6.09 Å². The predicted molar refractivity (Wildman–Crippen MR) is 179 cm³/mol. The molecule has 1 aromatic carbocycles. The molecule has 2 amide bonds. The van der Waals surface area contributed by atoms with Gasteiger partial charge in [-0.3, -0.25) is 9.79 Å². The van der Waals surface area contributed by atoms with E-state index >= 15 is 8.78 Å². The quantitative estimate of drug-likeness (QED) is 0.166. The lowest BCUT2D eigenvalue weighted by Crippen LogP contribution is -2.48. The van der Waals surface area contributed by atoms with E-state index in [0.29, 0.717) is 23.2 Å². The number of benzene rings is 1. The minimum Gasteiger partial charge on any atom is -0.443 e. The van der Waals surface area contributed by atoms with Crippen LogP contribution in [0.5, 0.6) is 0 Å². The van der Waals surface area contributed by atoms with E-state index in [9.17, 15) is 9.59 Å². The second-order valence-corrected chi connectivity index (χ2v) is 21.3. The molecular weight excluding hydrogens is 684 g/mol. The molecule has 0 saturated heterocycles. The average molecular weight is 725 g/mol. The van der Waals surface area contributed by atoms with Crippen molar-refractivity contribution in [1.29, 1.82) is 0 Å². The first kappa shape index (κ1) is 35.2. The number of aromatic nitrogens is 2. The van der Waals surface area contributed by atoms with Gasteiger partial charge in [-0.25, -0.2) is 28.4 Å². The predicted octanol–water partition coefficient (Wildman–Crippen LogP) is 7.22. The summed E-state index contributed by atoms with van der Waals surface area (Å²) in [7, 11) is 0.126. The van der Waals surface area contributed by atoms with E-state index in [1.54, 1.807) is 34.7 Å². The summed E-state index contributed by atoms with van der Waals surface area (Å²) < 4.78 is 42.0. The lowest BCUT2D eigenvalue weighted by atomic mass is 9.84. The van der Waals surface area contributed by atoms with Gasteiger partial charge in [0, 0.05) is 33.2 Å². The molecule has 1 saturated carbocycles. The Morgan fingerprint density at radius 1 is 1.24 bits per heavy atom. The smallest absolute Gasteiger partial charge is 0.418 e. The van der Waals surface area contributed by atoms with Crippen LogP contribution < -0.4 is 5.32 Å². The number of ether oxygens (including phenoxy) is 2. The Labute approximate surface area is 276 Å². The first-order chi connectivity index (χ1) is 20.9. The molecule has 9 nitrogen and oxygen atoms in total. The van der Waals surface area contributed by atoms with Gasteiger partial charge in [-0.15, -0.1) is 0 Å². The van der Waals surface area contributed by atoms with Crippen molar-refractivity contribution in [2.24, 2.45) is 10.9 Å². The molecular formula is C31H40BrF2N5O4SSi. The van der Waals surface area contributed by atoms with Crippen LogP contribution in [0.3, 0.4) is 0 Å². The Balaban J connectivity index is 1.78. The molecule has 1 N–H and O–H groups in total. The van der Waals surface area contributed by atoms with E-state index in [-0.39, 0.29) is 29.1 Å². The molecule has 3 atom stereocenters. The fraction of sp³-hybridized carbons (Fsp3) is 0.516. The highest BCUT2D eigenvalue weighted by Crippen LogP contribution is 2.66. The van der Waals surface area contributed by atoms with Gasteiger partial charge in [-0.1, -0.05) is 37.5 Å². The molecule has 2 aliphatic rings. The van der Waals surface area contributed by atoms with Crippen LogP contribution in [0.15, 0.2) is 40.2 Å². The van der Waals surface area contributed by atoms with Gasteiger partial charge in [0.2, 0.25) is 5.91 Å². The number of thioether (sulfide) groups is 1. The number of nitrogens with one attached hydrogen (secondary N) is 1. The third-order valence-corrected chi connectivity index (χ3v) is 11.2. The minimum atomic E-state index is -1.42. The van der Waals surface area contributed by atoms with Gasteiger partial charge in [0.1, 0.15) is 33.2 Å².